The van der Waals surface area contributed by atoms with E-state index in [1.807, 2.05) is 0 Å². The van der Waals surface area contributed by atoms with Gasteiger partial charge < -0.3 is 10.4 Å². The maximum absolute atomic E-state index is 12.3. The molecular weight excluding hydrogens is 314 g/mol. The van der Waals surface area contributed by atoms with Gasteiger partial charge >= 0.3 is 0 Å². The molecular formula is C13H14ClN3O3S. The number of rotatable bonds is 4. The van der Waals surface area contributed by atoms with E-state index in [1.165, 1.54) is 6.07 Å². The molecule has 0 saturated heterocycles. The van der Waals surface area contributed by atoms with Gasteiger partial charge in [-0.1, -0.05) is 12.1 Å². The Morgan fingerprint density at radius 2 is 1.95 bits per heavy atom. The maximum atomic E-state index is 12.3. The molecule has 0 spiro atoms. The van der Waals surface area contributed by atoms with E-state index in [1.54, 1.807) is 32.0 Å². The first kappa shape index (κ1) is 15.5. The number of sulfone groups is 1. The molecule has 0 unspecified atom stereocenters. The number of benzene rings is 1. The Hall–Kier alpha value is -1.86. The van der Waals surface area contributed by atoms with E-state index in [9.17, 15) is 13.5 Å². The number of aromatic nitrogens is 2. The van der Waals surface area contributed by atoms with Gasteiger partial charge in [-0.05, 0) is 37.6 Å². The summed E-state index contributed by atoms with van der Waals surface area (Å²) in [5.74, 6) is -0.183. The van der Waals surface area contributed by atoms with Crippen LogP contribution in [0, 0.1) is 0 Å². The van der Waals surface area contributed by atoms with Crippen LogP contribution < -0.4 is 5.32 Å². The molecule has 0 amide bonds. The van der Waals surface area contributed by atoms with Gasteiger partial charge in [0.15, 0.2) is 21.4 Å². The Labute approximate surface area is 127 Å². The van der Waals surface area contributed by atoms with Crippen molar-refractivity contribution in [2.75, 3.05) is 5.32 Å². The lowest BCUT2D eigenvalue weighted by Gasteiger charge is -2.14. The Kier molecular flexibility index (Phi) is 4.34. The third-order valence-electron chi connectivity index (χ3n) is 2.81. The van der Waals surface area contributed by atoms with Crippen molar-refractivity contribution in [3.05, 3.63) is 35.7 Å². The van der Waals surface area contributed by atoms with Crippen LogP contribution in [0.1, 0.15) is 13.8 Å². The highest BCUT2D eigenvalue weighted by molar-refractivity contribution is 7.92. The van der Waals surface area contributed by atoms with Crippen LogP contribution in [0.3, 0.4) is 0 Å². The zero-order valence-electron chi connectivity index (χ0n) is 11.4. The van der Waals surface area contributed by atoms with Crippen molar-refractivity contribution in [3.8, 4) is 5.75 Å². The zero-order valence-corrected chi connectivity index (χ0v) is 13.0. The van der Waals surface area contributed by atoms with Gasteiger partial charge in [0.25, 0.3) is 0 Å². The number of para-hydroxylation sites is 1. The Balaban J connectivity index is 2.49. The summed E-state index contributed by atoms with van der Waals surface area (Å²) in [4.78, 5) is 7.59. The van der Waals surface area contributed by atoms with Crippen LogP contribution in [0.4, 0.5) is 11.5 Å². The molecule has 0 atom stereocenters. The summed E-state index contributed by atoms with van der Waals surface area (Å²) in [6.07, 6.45) is 1.14. The van der Waals surface area contributed by atoms with Gasteiger partial charge in [0.05, 0.1) is 22.0 Å². The highest BCUT2D eigenvalue weighted by Gasteiger charge is 2.23. The Morgan fingerprint density at radius 3 is 2.62 bits per heavy atom. The third-order valence-corrected chi connectivity index (χ3v) is 5.20. The van der Waals surface area contributed by atoms with Gasteiger partial charge in [0, 0.05) is 0 Å². The van der Waals surface area contributed by atoms with Gasteiger partial charge in [-0.15, -0.1) is 0 Å². The second kappa shape index (κ2) is 5.87. The first-order chi connectivity index (χ1) is 9.82. The largest absolute Gasteiger partial charge is 0.503 e. The third kappa shape index (κ3) is 3.25. The van der Waals surface area contributed by atoms with Crippen LogP contribution in [0.2, 0.25) is 5.28 Å². The Bertz CT molecular complexity index is 763. The van der Waals surface area contributed by atoms with Crippen molar-refractivity contribution in [3.63, 3.8) is 0 Å². The standard InChI is InChI=1S/C13H14ClN3O3S/c1-8(2)21(19,20)11-6-4-3-5-9(11)16-12-10(18)7-15-13(14)17-12/h3-8,18H,1-2H3,(H,15,16,17). The smallest absolute Gasteiger partial charge is 0.224 e. The monoisotopic (exact) mass is 327 g/mol. The first-order valence-electron chi connectivity index (χ1n) is 6.14. The molecule has 0 aliphatic carbocycles. The Morgan fingerprint density at radius 1 is 1.29 bits per heavy atom. The fourth-order valence-corrected chi connectivity index (χ4v) is 2.98. The van der Waals surface area contributed by atoms with E-state index in [0.717, 1.165) is 6.20 Å². The van der Waals surface area contributed by atoms with Crippen molar-refractivity contribution in [1.29, 1.82) is 0 Å². The van der Waals surface area contributed by atoms with Crippen molar-refractivity contribution < 1.29 is 13.5 Å². The van der Waals surface area contributed by atoms with Crippen molar-refractivity contribution >= 4 is 32.9 Å². The molecule has 2 N–H and O–H groups in total. The molecule has 0 saturated carbocycles. The van der Waals surface area contributed by atoms with Crippen LogP contribution in [-0.4, -0.2) is 28.7 Å². The van der Waals surface area contributed by atoms with Gasteiger partial charge in [-0.3, -0.25) is 0 Å². The van der Waals surface area contributed by atoms with E-state index in [-0.39, 0.29) is 21.7 Å². The number of nitrogens with one attached hydrogen (secondary N) is 1. The molecule has 2 rings (SSSR count). The van der Waals surface area contributed by atoms with Gasteiger partial charge in [-0.25, -0.2) is 13.4 Å². The van der Waals surface area contributed by atoms with Crippen LogP contribution >= 0.6 is 11.6 Å². The number of halogens is 1. The zero-order chi connectivity index (χ0) is 15.6. The van der Waals surface area contributed by atoms with Crippen LogP contribution in [-0.2, 0) is 9.84 Å². The molecule has 21 heavy (non-hydrogen) atoms. The minimum absolute atomic E-state index is 0.0430. The SMILES string of the molecule is CC(C)S(=O)(=O)c1ccccc1Nc1nc(Cl)ncc1O. The van der Waals surface area contributed by atoms with Gasteiger partial charge in [-0.2, -0.15) is 4.98 Å². The predicted molar refractivity (Wildman–Crippen MR) is 80.8 cm³/mol. The van der Waals surface area contributed by atoms with E-state index in [0.29, 0.717) is 5.69 Å². The molecule has 0 fully saturated rings. The van der Waals surface area contributed by atoms with Crippen molar-refractivity contribution in [1.82, 2.24) is 9.97 Å². The predicted octanol–water partition coefficient (Wildman–Crippen LogP) is 2.76. The quantitative estimate of drug-likeness (QED) is 0.839. The minimum Gasteiger partial charge on any atom is -0.503 e. The molecule has 1 heterocycles. The van der Waals surface area contributed by atoms with E-state index in [4.69, 9.17) is 11.6 Å². The summed E-state index contributed by atoms with van der Waals surface area (Å²) >= 11 is 5.67. The summed E-state index contributed by atoms with van der Waals surface area (Å²) in [7, 11) is -3.47. The lowest BCUT2D eigenvalue weighted by molar-refractivity contribution is 0.472. The molecule has 1 aromatic heterocycles. The normalized spacial score (nSPS) is 11.6. The average molecular weight is 328 g/mol. The topological polar surface area (TPSA) is 92.2 Å². The van der Waals surface area contributed by atoms with Crippen LogP contribution in [0.5, 0.6) is 5.75 Å². The fraction of sp³-hybridized carbons (Fsp3) is 0.231. The molecule has 6 nitrogen and oxygen atoms in total. The maximum Gasteiger partial charge on any atom is 0.224 e. The molecule has 2 aromatic rings. The molecule has 8 heteroatoms. The van der Waals surface area contributed by atoms with E-state index in [2.05, 4.69) is 15.3 Å². The van der Waals surface area contributed by atoms with Crippen LogP contribution in [0.15, 0.2) is 35.4 Å². The summed E-state index contributed by atoms with van der Waals surface area (Å²) in [5, 5.41) is 11.9. The lowest BCUT2D eigenvalue weighted by Crippen LogP contribution is -2.15. The van der Waals surface area contributed by atoms with Crippen molar-refractivity contribution in [2.24, 2.45) is 0 Å². The minimum atomic E-state index is -3.47. The second-order valence-electron chi connectivity index (χ2n) is 4.59. The lowest BCUT2D eigenvalue weighted by atomic mass is 10.3. The fourth-order valence-electron chi connectivity index (χ4n) is 1.65. The van der Waals surface area contributed by atoms with Crippen LogP contribution in [0.25, 0.3) is 0 Å². The number of aromatic hydroxyl groups is 1. The highest BCUT2D eigenvalue weighted by atomic mass is 35.5. The number of hydrogen-bond acceptors (Lipinski definition) is 6. The molecule has 0 aliphatic rings. The summed E-state index contributed by atoms with van der Waals surface area (Å²) in [5.41, 5.74) is 0.316. The average Bonchev–Trinajstić information content (AvgIpc) is 2.43. The summed E-state index contributed by atoms with van der Waals surface area (Å²) in [6.45, 7) is 3.20. The summed E-state index contributed by atoms with van der Waals surface area (Å²) < 4.78 is 24.7. The van der Waals surface area contributed by atoms with E-state index < -0.39 is 15.1 Å². The number of hydrogen-bond donors (Lipinski definition) is 2. The van der Waals surface area contributed by atoms with Crippen molar-refractivity contribution in [2.45, 2.75) is 24.0 Å². The second-order valence-corrected chi connectivity index (χ2v) is 7.40. The molecule has 1 aromatic carbocycles. The molecule has 0 aliphatic heterocycles. The molecule has 0 radical (unpaired) electrons. The highest BCUT2D eigenvalue weighted by Crippen LogP contribution is 2.30. The van der Waals surface area contributed by atoms with E-state index >= 15 is 0 Å². The number of nitrogens with zero attached hydrogens (tertiary/aromatic N) is 2. The number of anilines is 2. The summed E-state index contributed by atoms with van der Waals surface area (Å²) in [6, 6.07) is 6.40. The van der Waals surface area contributed by atoms with Gasteiger partial charge in [0.2, 0.25) is 5.28 Å². The van der Waals surface area contributed by atoms with Gasteiger partial charge in [0.1, 0.15) is 0 Å². The molecule has 0 bridgehead atoms. The first-order valence-corrected chi connectivity index (χ1v) is 8.06. The molecule has 112 valence electrons.